The summed E-state index contributed by atoms with van der Waals surface area (Å²) in [4.78, 5) is 1.23. The van der Waals surface area contributed by atoms with Gasteiger partial charge in [0.15, 0.2) is 0 Å². The van der Waals surface area contributed by atoms with Crippen molar-refractivity contribution < 1.29 is 0 Å². The Morgan fingerprint density at radius 3 is 2.41 bits per heavy atom. The molecule has 0 aliphatic heterocycles. The van der Waals surface area contributed by atoms with Crippen LogP contribution in [0.3, 0.4) is 0 Å². The highest BCUT2D eigenvalue weighted by molar-refractivity contribution is 9.11. The van der Waals surface area contributed by atoms with Crippen LogP contribution in [0.1, 0.15) is 35.1 Å². The van der Waals surface area contributed by atoms with Gasteiger partial charge in [-0.15, -0.1) is 22.9 Å². The monoisotopic (exact) mass is 328 g/mol. The number of halogens is 2. The van der Waals surface area contributed by atoms with Crippen LogP contribution in [0.2, 0.25) is 0 Å². The molecule has 17 heavy (non-hydrogen) atoms. The van der Waals surface area contributed by atoms with Crippen LogP contribution in [0.4, 0.5) is 0 Å². The van der Waals surface area contributed by atoms with Gasteiger partial charge < -0.3 is 0 Å². The normalized spacial score (nSPS) is 14.5. The molecule has 0 radical (unpaired) electrons. The van der Waals surface area contributed by atoms with Gasteiger partial charge in [-0.1, -0.05) is 37.3 Å². The Bertz CT molecular complexity index is 466. The minimum atomic E-state index is 0.0544. The number of thiophene rings is 1. The fourth-order valence-electron chi connectivity index (χ4n) is 1.99. The maximum Gasteiger partial charge on any atom is 0.0747 e. The summed E-state index contributed by atoms with van der Waals surface area (Å²) in [5.41, 5.74) is 1.32. The first-order valence-corrected chi connectivity index (χ1v) is 7.71. The number of rotatable bonds is 4. The molecule has 1 aromatic carbocycles. The molecule has 0 N–H and O–H groups in total. The van der Waals surface area contributed by atoms with Crippen molar-refractivity contribution in [2.75, 3.05) is 0 Å². The summed E-state index contributed by atoms with van der Waals surface area (Å²) >= 11 is 11.8. The molecule has 0 bridgehead atoms. The Balaban J connectivity index is 2.25. The maximum atomic E-state index is 6.61. The predicted octanol–water partition coefficient (Wildman–Crippen LogP) is 5.98. The van der Waals surface area contributed by atoms with E-state index in [-0.39, 0.29) is 5.38 Å². The molecule has 0 saturated heterocycles. The highest BCUT2D eigenvalue weighted by Gasteiger charge is 2.22. The molecule has 2 atom stereocenters. The van der Waals surface area contributed by atoms with Gasteiger partial charge in [-0.3, -0.25) is 0 Å². The van der Waals surface area contributed by atoms with Crippen LogP contribution in [-0.4, -0.2) is 0 Å². The molecule has 0 saturated carbocycles. The van der Waals surface area contributed by atoms with Gasteiger partial charge >= 0.3 is 0 Å². The average molecular weight is 330 g/mol. The molecule has 0 aliphatic carbocycles. The zero-order valence-electron chi connectivity index (χ0n) is 9.57. The quantitative estimate of drug-likeness (QED) is 0.605. The molecule has 0 spiro atoms. The maximum absolute atomic E-state index is 6.61. The SMILES string of the molecule is CCC(c1ccccc1)C(Cl)c1ccc(Br)s1. The van der Waals surface area contributed by atoms with Gasteiger partial charge in [-0.2, -0.15) is 0 Å². The minimum Gasteiger partial charge on any atom is -0.132 e. The second-order valence-corrected chi connectivity index (χ2v) is 6.93. The first-order valence-electron chi connectivity index (χ1n) is 5.66. The van der Waals surface area contributed by atoms with Crippen LogP contribution in [0, 0.1) is 0 Å². The van der Waals surface area contributed by atoms with E-state index in [1.54, 1.807) is 11.3 Å². The van der Waals surface area contributed by atoms with Gasteiger partial charge in [0.1, 0.15) is 0 Å². The summed E-state index contributed by atoms with van der Waals surface area (Å²) in [7, 11) is 0. The number of hydrogen-bond donors (Lipinski definition) is 0. The van der Waals surface area contributed by atoms with Crippen molar-refractivity contribution in [2.45, 2.75) is 24.6 Å². The largest absolute Gasteiger partial charge is 0.132 e. The van der Waals surface area contributed by atoms with Crippen molar-refractivity contribution in [2.24, 2.45) is 0 Å². The molecular weight excluding hydrogens is 316 g/mol. The standard InChI is InChI=1S/C14H14BrClS/c1-2-11(10-6-4-3-5-7-10)14(16)12-8-9-13(15)17-12/h3-9,11,14H,2H2,1H3. The van der Waals surface area contributed by atoms with Crippen molar-refractivity contribution in [1.29, 1.82) is 0 Å². The zero-order chi connectivity index (χ0) is 12.3. The highest BCUT2D eigenvalue weighted by atomic mass is 79.9. The topological polar surface area (TPSA) is 0 Å². The summed E-state index contributed by atoms with van der Waals surface area (Å²) < 4.78 is 1.14. The number of benzene rings is 1. The van der Waals surface area contributed by atoms with Crippen LogP contribution in [0.5, 0.6) is 0 Å². The molecule has 0 aliphatic rings. The van der Waals surface area contributed by atoms with E-state index in [9.17, 15) is 0 Å². The third-order valence-corrected chi connectivity index (χ3v) is 5.26. The van der Waals surface area contributed by atoms with E-state index in [0.717, 1.165) is 10.2 Å². The van der Waals surface area contributed by atoms with Crippen LogP contribution in [-0.2, 0) is 0 Å². The molecule has 1 aromatic heterocycles. The second kappa shape index (κ2) is 6.03. The van der Waals surface area contributed by atoms with Gasteiger partial charge in [0, 0.05) is 10.8 Å². The Kier molecular flexibility index (Phi) is 4.66. The molecule has 1 heterocycles. The van der Waals surface area contributed by atoms with Gasteiger partial charge in [-0.25, -0.2) is 0 Å². The van der Waals surface area contributed by atoms with E-state index in [2.05, 4.69) is 59.3 Å². The summed E-state index contributed by atoms with van der Waals surface area (Å²) in [5, 5.41) is 0.0544. The van der Waals surface area contributed by atoms with Crippen molar-refractivity contribution in [3.05, 3.63) is 56.7 Å². The summed E-state index contributed by atoms with van der Waals surface area (Å²) in [6, 6.07) is 14.7. The summed E-state index contributed by atoms with van der Waals surface area (Å²) in [5.74, 6) is 0.378. The van der Waals surface area contributed by atoms with Crippen LogP contribution in [0.15, 0.2) is 46.3 Å². The van der Waals surface area contributed by atoms with Gasteiger partial charge in [0.05, 0.1) is 9.16 Å². The molecule has 0 nitrogen and oxygen atoms in total. The van der Waals surface area contributed by atoms with Crippen molar-refractivity contribution >= 4 is 38.9 Å². The van der Waals surface area contributed by atoms with Crippen LogP contribution in [0.25, 0.3) is 0 Å². The fourth-order valence-corrected chi connectivity index (χ4v) is 3.98. The molecule has 2 unspecified atom stereocenters. The highest BCUT2D eigenvalue weighted by Crippen LogP contribution is 2.42. The first kappa shape index (κ1) is 13.1. The number of hydrogen-bond acceptors (Lipinski definition) is 1. The fraction of sp³-hybridized carbons (Fsp3) is 0.286. The molecule has 0 amide bonds. The smallest absolute Gasteiger partial charge is 0.0747 e. The Hall–Kier alpha value is -0.310. The summed E-state index contributed by atoms with van der Waals surface area (Å²) in [6.07, 6.45) is 1.05. The van der Waals surface area contributed by atoms with Gasteiger partial charge in [-0.05, 0) is 40.0 Å². The van der Waals surface area contributed by atoms with Gasteiger partial charge in [0.2, 0.25) is 0 Å². The zero-order valence-corrected chi connectivity index (χ0v) is 12.7. The van der Waals surface area contributed by atoms with E-state index in [1.165, 1.54) is 10.4 Å². The minimum absolute atomic E-state index is 0.0544. The van der Waals surface area contributed by atoms with Crippen LogP contribution < -0.4 is 0 Å². The van der Waals surface area contributed by atoms with E-state index in [1.807, 2.05) is 6.07 Å². The Labute approximate surface area is 120 Å². The van der Waals surface area contributed by atoms with Gasteiger partial charge in [0.25, 0.3) is 0 Å². The average Bonchev–Trinajstić information content (AvgIpc) is 2.78. The van der Waals surface area contributed by atoms with E-state index >= 15 is 0 Å². The molecular formula is C14H14BrClS. The summed E-state index contributed by atoms with van der Waals surface area (Å²) in [6.45, 7) is 2.19. The lowest BCUT2D eigenvalue weighted by Crippen LogP contribution is -2.04. The van der Waals surface area contributed by atoms with Crippen molar-refractivity contribution in [1.82, 2.24) is 0 Å². The molecule has 3 heteroatoms. The van der Waals surface area contributed by atoms with E-state index in [4.69, 9.17) is 11.6 Å². The van der Waals surface area contributed by atoms with Crippen molar-refractivity contribution in [3.63, 3.8) is 0 Å². The molecule has 2 rings (SSSR count). The molecule has 2 aromatic rings. The second-order valence-electron chi connectivity index (χ2n) is 3.97. The predicted molar refractivity (Wildman–Crippen MR) is 80.1 cm³/mol. The number of alkyl halides is 1. The molecule has 0 fully saturated rings. The lowest BCUT2D eigenvalue weighted by atomic mass is 9.92. The van der Waals surface area contributed by atoms with E-state index in [0.29, 0.717) is 5.92 Å². The Morgan fingerprint density at radius 2 is 1.88 bits per heavy atom. The van der Waals surface area contributed by atoms with E-state index < -0.39 is 0 Å². The first-order chi connectivity index (χ1) is 8.22. The lowest BCUT2D eigenvalue weighted by molar-refractivity contribution is 0.647. The Morgan fingerprint density at radius 1 is 1.18 bits per heavy atom. The third kappa shape index (κ3) is 3.12. The molecule has 90 valence electrons. The lowest BCUT2D eigenvalue weighted by Gasteiger charge is -2.20. The van der Waals surface area contributed by atoms with Crippen molar-refractivity contribution in [3.8, 4) is 0 Å². The third-order valence-electron chi connectivity index (χ3n) is 2.89. The van der Waals surface area contributed by atoms with Crippen LogP contribution >= 0.6 is 38.9 Å².